The summed E-state index contributed by atoms with van der Waals surface area (Å²) in [6, 6.07) is 1.83. The van der Waals surface area contributed by atoms with Gasteiger partial charge in [0.2, 0.25) is 0 Å². The van der Waals surface area contributed by atoms with Crippen LogP contribution in [0.4, 0.5) is 5.69 Å². The molecule has 0 bridgehead atoms. The first kappa shape index (κ1) is 14.6. The molecular formula is C15H20ClN3O2. The molecule has 1 atom stereocenters. The molecular weight excluding hydrogens is 290 g/mol. The molecule has 2 aliphatic heterocycles. The summed E-state index contributed by atoms with van der Waals surface area (Å²) < 4.78 is 0. The van der Waals surface area contributed by atoms with Crippen LogP contribution in [0.1, 0.15) is 25.7 Å². The van der Waals surface area contributed by atoms with E-state index in [4.69, 9.17) is 11.6 Å². The van der Waals surface area contributed by atoms with Crippen molar-refractivity contribution in [2.24, 2.45) is 0 Å². The van der Waals surface area contributed by atoms with Crippen LogP contribution in [-0.4, -0.2) is 52.7 Å². The van der Waals surface area contributed by atoms with Gasteiger partial charge in [-0.2, -0.15) is 0 Å². The van der Waals surface area contributed by atoms with Gasteiger partial charge in [0, 0.05) is 32.0 Å². The highest BCUT2D eigenvalue weighted by Crippen LogP contribution is 2.32. The molecule has 0 saturated carbocycles. The van der Waals surface area contributed by atoms with Crippen molar-refractivity contribution in [2.75, 3.05) is 31.1 Å². The van der Waals surface area contributed by atoms with Crippen LogP contribution in [0.2, 0.25) is 5.02 Å². The molecule has 1 N–H and O–H groups in total. The molecule has 1 aromatic heterocycles. The summed E-state index contributed by atoms with van der Waals surface area (Å²) in [6.07, 6.45) is 6.61. The number of carbonyl (C=O) groups is 1. The van der Waals surface area contributed by atoms with Gasteiger partial charge in [-0.1, -0.05) is 11.6 Å². The minimum absolute atomic E-state index is 0.130. The molecule has 6 heteroatoms. The molecule has 3 heterocycles. The van der Waals surface area contributed by atoms with Gasteiger partial charge in [0.1, 0.15) is 0 Å². The lowest BCUT2D eigenvalue weighted by Crippen LogP contribution is -2.57. The van der Waals surface area contributed by atoms with Gasteiger partial charge < -0.3 is 14.9 Å². The van der Waals surface area contributed by atoms with Crippen LogP contribution in [0, 0.1) is 0 Å². The van der Waals surface area contributed by atoms with Crippen molar-refractivity contribution in [1.82, 2.24) is 9.88 Å². The first-order chi connectivity index (χ1) is 10.1. The Morgan fingerprint density at radius 2 is 2.05 bits per heavy atom. The van der Waals surface area contributed by atoms with Crippen molar-refractivity contribution in [3.8, 4) is 0 Å². The number of hydrogen-bond donors (Lipinski definition) is 1. The molecule has 5 nitrogen and oxygen atoms in total. The van der Waals surface area contributed by atoms with Gasteiger partial charge in [-0.05, 0) is 31.7 Å². The Hall–Kier alpha value is -1.33. The number of aliphatic hydroxyl groups is 1. The SMILES string of the molecule is O=C(N1CCCC1)C1(O)CCCN(c2ccncc2Cl)C1. The summed E-state index contributed by atoms with van der Waals surface area (Å²) in [5, 5.41) is 11.4. The van der Waals surface area contributed by atoms with Crippen LogP contribution in [0.15, 0.2) is 18.5 Å². The van der Waals surface area contributed by atoms with Crippen LogP contribution < -0.4 is 4.90 Å². The fraction of sp³-hybridized carbons (Fsp3) is 0.600. The number of pyridine rings is 1. The molecule has 2 fully saturated rings. The van der Waals surface area contributed by atoms with E-state index >= 15 is 0 Å². The van der Waals surface area contributed by atoms with Gasteiger partial charge in [-0.3, -0.25) is 9.78 Å². The van der Waals surface area contributed by atoms with Crippen molar-refractivity contribution in [1.29, 1.82) is 0 Å². The standard InChI is InChI=1S/C15H20ClN3O2/c16-12-10-17-6-4-13(12)19-9-3-5-15(21,11-19)14(20)18-7-1-2-8-18/h4,6,10,21H,1-3,5,7-9,11H2. The molecule has 21 heavy (non-hydrogen) atoms. The van der Waals surface area contributed by atoms with E-state index in [-0.39, 0.29) is 5.91 Å². The van der Waals surface area contributed by atoms with E-state index < -0.39 is 5.60 Å². The second-order valence-electron chi connectivity index (χ2n) is 5.88. The molecule has 0 aliphatic carbocycles. The molecule has 114 valence electrons. The van der Waals surface area contributed by atoms with Gasteiger partial charge in [0.15, 0.2) is 5.60 Å². The fourth-order valence-corrected chi connectivity index (χ4v) is 3.49. The highest BCUT2D eigenvalue weighted by atomic mass is 35.5. The minimum Gasteiger partial charge on any atom is -0.378 e. The monoisotopic (exact) mass is 309 g/mol. The maximum Gasteiger partial charge on any atom is 0.256 e. The number of halogens is 1. The Labute approximate surface area is 129 Å². The van der Waals surface area contributed by atoms with Crippen molar-refractivity contribution in [3.05, 3.63) is 23.5 Å². The summed E-state index contributed by atoms with van der Waals surface area (Å²) in [5.41, 5.74) is -0.464. The molecule has 0 radical (unpaired) electrons. The van der Waals surface area contributed by atoms with Crippen LogP contribution in [0.3, 0.4) is 0 Å². The number of aromatic nitrogens is 1. The van der Waals surface area contributed by atoms with E-state index in [1.54, 1.807) is 17.3 Å². The number of carbonyl (C=O) groups excluding carboxylic acids is 1. The van der Waals surface area contributed by atoms with Crippen molar-refractivity contribution >= 4 is 23.2 Å². The van der Waals surface area contributed by atoms with Crippen LogP contribution in [-0.2, 0) is 4.79 Å². The maximum absolute atomic E-state index is 12.6. The van der Waals surface area contributed by atoms with Crippen molar-refractivity contribution < 1.29 is 9.90 Å². The van der Waals surface area contributed by atoms with E-state index in [0.717, 1.165) is 44.6 Å². The molecule has 3 rings (SSSR count). The van der Waals surface area contributed by atoms with Gasteiger partial charge in [0.05, 0.1) is 17.3 Å². The lowest BCUT2D eigenvalue weighted by Gasteiger charge is -2.41. The number of nitrogens with zero attached hydrogens (tertiary/aromatic N) is 3. The number of anilines is 1. The van der Waals surface area contributed by atoms with Crippen molar-refractivity contribution in [2.45, 2.75) is 31.3 Å². The Kier molecular flexibility index (Phi) is 4.04. The molecule has 1 aromatic rings. The average molecular weight is 310 g/mol. The summed E-state index contributed by atoms with van der Waals surface area (Å²) in [7, 11) is 0. The summed E-state index contributed by atoms with van der Waals surface area (Å²) in [5.74, 6) is -0.130. The number of piperidine rings is 1. The lowest BCUT2D eigenvalue weighted by molar-refractivity contribution is -0.151. The third-order valence-electron chi connectivity index (χ3n) is 4.35. The minimum atomic E-state index is -1.30. The van der Waals surface area contributed by atoms with Gasteiger partial charge in [-0.25, -0.2) is 0 Å². The highest BCUT2D eigenvalue weighted by molar-refractivity contribution is 6.33. The van der Waals surface area contributed by atoms with Gasteiger partial charge >= 0.3 is 0 Å². The Morgan fingerprint density at radius 1 is 1.29 bits per heavy atom. The molecule has 0 spiro atoms. The second kappa shape index (κ2) is 5.81. The highest BCUT2D eigenvalue weighted by Gasteiger charge is 2.43. The Balaban J connectivity index is 1.78. The zero-order valence-electron chi connectivity index (χ0n) is 12.0. The maximum atomic E-state index is 12.6. The zero-order valence-corrected chi connectivity index (χ0v) is 12.7. The van der Waals surface area contributed by atoms with E-state index in [0.29, 0.717) is 18.0 Å². The third-order valence-corrected chi connectivity index (χ3v) is 4.65. The Bertz CT molecular complexity index is 533. The van der Waals surface area contributed by atoms with Crippen LogP contribution in [0.5, 0.6) is 0 Å². The number of rotatable bonds is 2. The lowest BCUT2D eigenvalue weighted by atomic mass is 9.91. The number of β-amino-alcohol motifs (C(OH)–C–C–N with tert-alkyl or cyclic N) is 1. The number of hydrogen-bond acceptors (Lipinski definition) is 4. The van der Waals surface area contributed by atoms with Gasteiger partial charge in [-0.15, -0.1) is 0 Å². The third kappa shape index (κ3) is 2.85. The summed E-state index contributed by atoms with van der Waals surface area (Å²) >= 11 is 6.18. The molecule has 1 unspecified atom stereocenters. The molecule has 2 aliphatic rings. The quantitative estimate of drug-likeness (QED) is 0.903. The topological polar surface area (TPSA) is 56.7 Å². The molecule has 2 saturated heterocycles. The summed E-state index contributed by atoms with van der Waals surface area (Å²) in [6.45, 7) is 2.61. The normalized spacial score (nSPS) is 26.2. The van der Waals surface area contributed by atoms with Gasteiger partial charge in [0.25, 0.3) is 5.91 Å². The molecule has 1 amide bonds. The van der Waals surface area contributed by atoms with Crippen molar-refractivity contribution in [3.63, 3.8) is 0 Å². The van der Waals surface area contributed by atoms with E-state index in [1.165, 1.54) is 0 Å². The first-order valence-corrected chi connectivity index (χ1v) is 7.84. The first-order valence-electron chi connectivity index (χ1n) is 7.46. The van der Waals surface area contributed by atoms with Crippen LogP contribution in [0.25, 0.3) is 0 Å². The molecule has 0 aromatic carbocycles. The Morgan fingerprint density at radius 3 is 2.76 bits per heavy atom. The number of likely N-dealkylation sites (tertiary alicyclic amines) is 1. The fourth-order valence-electron chi connectivity index (χ4n) is 3.26. The predicted octanol–water partition coefficient (Wildman–Crippen LogP) is 1.69. The second-order valence-corrected chi connectivity index (χ2v) is 6.29. The largest absolute Gasteiger partial charge is 0.378 e. The van der Waals surface area contributed by atoms with E-state index in [9.17, 15) is 9.90 Å². The van der Waals surface area contributed by atoms with E-state index in [2.05, 4.69) is 4.98 Å². The summed E-state index contributed by atoms with van der Waals surface area (Å²) in [4.78, 5) is 20.3. The van der Waals surface area contributed by atoms with E-state index in [1.807, 2.05) is 11.0 Å². The average Bonchev–Trinajstić information content (AvgIpc) is 3.01. The van der Waals surface area contributed by atoms with Crippen LogP contribution >= 0.6 is 11.6 Å². The smallest absolute Gasteiger partial charge is 0.256 e. The number of amides is 1. The predicted molar refractivity (Wildman–Crippen MR) is 81.5 cm³/mol. The zero-order chi connectivity index (χ0) is 14.9.